The van der Waals surface area contributed by atoms with Crippen LogP contribution in [0.1, 0.15) is 44.6 Å². The Morgan fingerprint density at radius 2 is 1.98 bits per heavy atom. The number of hydrogen-bond acceptors (Lipinski definition) is 9. The third-order valence-corrected chi connectivity index (χ3v) is 11.0. The molecule has 0 unspecified atom stereocenters. The molecule has 5 atom stereocenters. The number of aromatic nitrogens is 3. The number of aryl methyl sites for hydroxylation is 1. The topological polar surface area (TPSA) is 104 Å². The summed E-state index contributed by atoms with van der Waals surface area (Å²) in [6.07, 6.45) is 6.31. The van der Waals surface area contributed by atoms with Crippen molar-refractivity contribution in [2.24, 2.45) is 11.8 Å². The average Bonchev–Trinajstić information content (AvgIpc) is 3.68. The van der Waals surface area contributed by atoms with E-state index >= 15 is 4.39 Å². The molecule has 5 heterocycles. The maximum atomic E-state index is 16.9. The summed E-state index contributed by atoms with van der Waals surface area (Å²) < 4.78 is 44.0. The van der Waals surface area contributed by atoms with Crippen molar-refractivity contribution in [1.82, 2.24) is 19.9 Å². The zero-order valence-electron chi connectivity index (χ0n) is 26.2. The molecule has 8 rings (SSSR count). The van der Waals surface area contributed by atoms with E-state index in [4.69, 9.17) is 14.5 Å². The molecular formula is C35H39F2N5O4. The van der Waals surface area contributed by atoms with Crippen molar-refractivity contribution in [3.8, 4) is 23.0 Å². The van der Waals surface area contributed by atoms with Gasteiger partial charge in [-0.3, -0.25) is 9.88 Å². The molecule has 1 saturated carbocycles. The minimum atomic E-state index is -0.690. The first-order chi connectivity index (χ1) is 22.3. The van der Waals surface area contributed by atoms with Crippen LogP contribution in [0, 0.1) is 23.5 Å². The number of anilines is 1. The Morgan fingerprint density at radius 3 is 2.78 bits per heavy atom. The molecule has 46 heavy (non-hydrogen) atoms. The fourth-order valence-electron chi connectivity index (χ4n) is 8.77. The van der Waals surface area contributed by atoms with E-state index in [0.717, 1.165) is 45.2 Å². The van der Waals surface area contributed by atoms with Crippen LogP contribution < -0.4 is 9.64 Å². The second kappa shape index (κ2) is 11.2. The summed E-state index contributed by atoms with van der Waals surface area (Å²) in [6, 6.07) is 6.01. The Bertz CT molecular complexity index is 1840. The van der Waals surface area contributed by atoms with Gasteiger partial charge in [0.25, 0.3) is 0 Å². The zero-order valence-corrected chi connectivity index (χ0v) is 26.2. The van der Waals surface area contributed by atoms with Crippen LogP contribution in [-0.4, -0.2) is 87.7 Å². The monoisotopic (exact) mass is 631 g/mol. The van der Waals surface area contributed by atoms with E-state index in [-0.39, 0.29) is 46.6 Å². The molecule has 11 heteroatoms. The first-order valence-electron chi connectivity index (χ1n) is 16.4. The number of fused-ring (bicyclic) bond motifs is 5. The molecule has 2 N–H and O–H groups in total. The van der Waals surface area contributed by atoms with Gasteiger partial charge in [0.15, 0.2) is 5.82 Å². The maximum absolute atomic E-state index is 16.9. The summed E-state index contributed by atoms with van der Waals surface area (Å²) in [6.45, 7) is 5.31. The molecule has 4 aromatic rings. The number of piperidine rings is 1. The Kier molecular flexibility index (Phi) is 7.26. The molecule has 0 spiro atoms. The standard InChI is InChI=1S/C35H39F2N5O4/c1-3-24-27(36)6-5-20-11-22(43)12-25(29(20)24)31-30(37)32-26(14-38-31)33(41-15-19-9-21(16-41)28(44)10-19)40-34(39-32)46-18-35-7-4-8-42(35)17-23(13-35)45-2/h5-6,11-12,14,19,21,23,28,43-44H,3-4,7-10,13,15-18H2,1-2H3/t19-,21-,23-,28-,35+/m1/s1. The van der Waals surface area contributed by atoms with Crippen molar-refractivity contribution in [3.63, 3.8) is 0 Å². The lowest BCUT2D eigenvalue weighted by atomic mass is 9.94. The zero-order chi connectivity index (χ0) is 31.7. The third-order valence-electron chi connectivity index (χ3n) is 11.0. The summed E-state index contributed by atoms with van der Waals surface area (Å²) in [7, 11) is 1.74. The number of nitrogens with zero attached hydrogens (tertiary/aromatic N) is 5. The quantitative estimate of drug-likeness (QED) is 0.284. The van der Waals surface area contributed by atoms with Gasteiger partial charge in [-0.2, -0.15) is 9.97 Å². The number of aliphatic hydroxyl groups excluding tert-OH is 1. The number of aromatic hydroxyl groups is 1. The molecular weight excluding hydrogens is 592 g/mol. The van der Waals surface area contributed by atoms with Crippen LogP contribution in [0.2, 0.25) is 0 Å². The predicted octanol–water partition coefficient (Wildman–Crippen LogP) is 5.23. The van der Waals surface area contributed by atoms with Crippen LogP contribution in [0.25, 0.3) is 32.9 Å². The van der Waals surface area contributed by atoms with E-state index in [1.165, 1.54) is 12.1 Å². The van der Waals surface area contributed by atoms with Crippen molar-refractivity contribution >= 4 is 27.5 Å². The van der Waals surface area contributed by atoms with Crippen molar-refractivity contribution in [1.29, 1.82) is 0 Å². The van der Waals surface area contributed by atoms with E-state index in [1.54, 1.807) is 25.4 Å². The molecule has 3 saturated heterocycles. The Labute approximate surface area is 266 Å². The number of hydrogen-bond donors (Lipinski definition) is 2. The van der Waals surface area contributed by atoms with Crippen LogP contribution in [0.5, 0.6) is 11.8 Å². The van der Waals surface area contributed by atoms with Gasteiger partial charge in [0.2, 0.25) is 0 Å². The van der Waals surface area contributed by atoms with Gasteiger partial charge in [-0.25, -0.2) is 8.78 Å². The number of aliphatic hydroxyl groups is 1. The number of ether oxygens (including phenoxy) is 2. The van der Waals surface area contributed by atoms with Crippen LogP contribution in [0.15, 0.2) is 30.5 Å². The van der Waals surface area contributed by atoms with Crippen LogP contribution in [0.3, 0.4) is 0 Å². The molecule has 0 amide bonds. The van der Waals surface area contributed by atoms with E-state index in [0.29, 0.717) is 65.1 Å². The highest BCUT2D eigenvalue weighted by molar-refractivity contribution is 6.01. The van der Waals surface area contributed by atoms with E-state index in [2.05, 4.69) is 19.8 Å². The largest absolute Gasteiger partial charge is 0.508 e. The predicted molar refractivity (Wildman–Crippen MR) is 170 cm³/mol. The normalized spacial score (nSPS) is 27.6. The molecule has 4 aliphatic rings. The van der Waals surface area contributed by atoms with Gasteiger partial charge in [0.1, 0.15) is 35.2 Å². The van der Waals surface area contributed by atoms with Crippen molar-refractivity contribution in [2.75, 3.05) is 44.8 Å². The molecule has 2 bridgehead atoms. The van der Waals surface area contributed by atoms with Crippen molar-refractivity contribution < 1.29 is 28.5 Å². The Hall–Kier alpha value is -3.67. The third kappa shape index (κ3) is 4.77. The van der Waals surface area contributed by atoms with Gasteiger partial charge in [-0.05, 0) is 85.5 Å². The molecule has 1 aliphatic carbocycles. The van der Waals surface area contributed by atoms with Gasteiger partial charge in [-0.1, -0.05) is 13.0 Å². The molecule has 9 nitrogen and oxygen atoms in total. The Morgan fingerprint density at radius 1 is 1.11 bits per heavy atom. The lowest BCUT2D eigenvalue weighted by Crippen LogP contribution is -2.43. The fraction of sp³-hybridized carbons (Fsp3) is 0.514. The van der Waals surface area contributed by atoms with Gasteiger partial charge < -0.3 is 24.6 Å². The summed E-state index contributed by atoms with van der Waals surface area (Å²) >= 11 is 0. The lowest BCUT2D eigenvalue weighted by Gasteiger charge is -2.34. The highest BCUT2D eigenvalue weighted by Gasteiger charge is 2.49. The second-order valence-electron chi connectivity index (χ2n) is 13.7. The second-order valence-corrected chi connectivity index (χ2v) is 13.7. The summed E-state index contributed by atoms with van der Waals surface area (Å²) in [5.41, 5.74) is 0.560. The van der Waals surface area contributed by atoms with E-state index < -0.39 is 11.6 Å². The van der Waals surface area contributed by atoms with Gasteiger partial charge in [-0.15, -0.1) is 0 Å². The summed E-state index contributed by atoms with van der Waals surface area (Å²) in [5.74, 6) is -0.194. The maximum Gasteiger partial charge on any atom is 0.319 e. The number of benzene rings is 2. The Balaban J connectivity index is 1.26. The minimum Gasteiger partial charge on any atom is -0.508 e. The van der Waals surface area contributed by atoms with Crippen molar-refractivity contribution in [2.45, 2.75) is 63.2 Å². The van der Waals surface area contributed by atoms with Crippen LogP contribution in [0.4, 0.5) is 14.6 Å². The number of rotatable bonds is 7. The number of pyridine rings is 1. The fourth-order valence-corrected chi connectivity index (χ4v) is 8.77. The molecule has 242 valence electrons. The van der Waals surface area contributed by atoms with Gasteiger partial charge >= 0.3 is 6.01 Å². The van der Waals surface area contributed by atoms with Crippen molar-refractivity contribution in [3.05, 3.63) is 47.7 Å². The number of phenols is 1. The molecule has 2 aromatic carbocycles. The van der Waals surface area contributed by atoms with Crippen LogP contribution >= 0.6 is 0 Å². The highest BCUT2D eigenvalue weighted by Crippen LogP contribution is 2.43. The molecule has 2 aromatic heterocycles. The first-order valence-corrected chi connectivity index (χ1v) is 16.4. The van der Waals surface area contributed by atoms with Gasteiger partial charge in [0.05, 0.1) is 23.1 Å². The molecule has 3 aliphatic heterocycles. The summed E-state index contributed by atoms with van der Waals surface area (Å²) in [5, 5.41) is 22.8. The summed E-state index contributed by atoms with van der Waals surface area (Å²) in [4.78, 5) is 18.6. The molecule has 4 fully saturated rings. The SMILES string of the molecule is CCc1c(F)ccc2cc(O)cc(-c3ncc4c(N5C[C@@H]6C[C@H](C5)[C@H](O)C6)nc(OC[C@@]56CCCN5C[C@H](OC)C6)nc4c3F)c12. The van der Waals surface area contributed by atoms with E-state index in [1.807, 2.05) is 6.92 Å². The highest BCUT2D eigenvalue weighted by atomic mass is 19.1. The number of phenolic OH excluding ortho intramolecular Hbond substituents is 1. The first kappa shape index (κ1) is 29.7. The molecule has 0 radical (unpaired) electrons. The van der Waals surface area contributed by atoms with Crippen LogP contribution in [-0.2, 0) is 11.2 Å². The van der Waals surface area contributed by atoms with E-state index in [9.17, 15) is 14.6 Å². The number of halogens is 2. The smallest absolute Gasteiger partial charge is 0.319 e. The lowest BCUT2D eigenvalue weighted by molar-refractivity contribution is 0.0997. The minimum absolute atomic E-state index is 0.0299. The average molecular weight is 632 g/mol. The number of methoxy groups -OCH3 is 1. The van der Waals surface area contributed by atoms with Gasteiger partial charge in [0, 0.05) is 44.4 Å².